The van der Waals surface area contributed by atoms with E-state index in [1.165, 1.54) is 12.1 Å². The summed E-state index contributed by atoms with van der Waals surface area (Å²) in [6, 6.07) is 6.12. The number of rotatable bonds is 8. The number of nitrogens with zero attached hydrogens (tertiary/aromatic N) is 1. The Kier molecular flexibility index (Phi) is 6.56. The second kappa shape index (κ2) is 7.94. The number of ether oxygens (including phenoxy) is 1. The predicted octanol–water partition coefficient (Wildman–Crippen LogP) is 4.69. The Labute approximate surface area is 121 Å². The SMILES string of the molecule is C=C(Br)C(CCCC)COc1ccc([N+](=O)[O-])cc1. The molecule has 0 aromatic heterocycles. The van der Waals surface area contributed by atoms with Gasteiger partial charge in [0.25, 0.3) is 5.69 Å². The minimum atomic E-state index is -0.422. The van der Waals surface area contributed by atoms with Crippen LogP contribution in [0.1, 0.15) is 26.2 Å². The third kappa shape index (κ3) is 5.42. The van der Waals surface area contributed by atoms with E-state index in [9.17, 15) is 10.1 Å². The molecule has 0 saturated carbocycles. The van der Waals surface area contributed by atoms with Crippen molar-refractivity contribution in [2.45, 2.75) is 26.2 Å². The number of nitro groups is 1. The third-order valence-electron chi connectivity index (χ3n) is 2.85. The molecule has 0 fully saturated rings. The molecule has 1 rings (SSSR count). The number of benzene rings is 1. The van der Waals surface area contributed by atoms with Crippen molar-refractivity contribution >= 4 is 21.6 Å². The van der Waals surface area contributed by atoms with E-state index in [-0.39, 0.29) is 11.6 Å². The van der Waals surface area contributed by atoms with Crippen molar-refractivity contribution in [1.82, 2.24) is 0 Å². The van der Waals surface area contributed by atoms with E-state index in [0.29, 0.717) is 12.4 Å². The number of hydrogen-bond donors (Lipinski definition) is 0. The lowest BCUT2D eigenvalue weighted by atomic mass is 10.0. The normalized spacial score (nSPS) is 11.9. The molecular weight excluding hydrogens is 310 g/mol. The van der Waals surface area contributed by atoms with E-state index >= 15 is 0 Å². The zero-order valence-electron chi connectivity index (χ0n) is 11.0. The molecule has 0 radical (unpaired) electrons. The molecule has 1 unspecified atom stereocenters. The van der Waals surface area contributed by atoms with Gasteiger partial charge in [-0.05, 0) is 23.0 Å². The molecule has 0 saturated heterocycles. The van der Waals surface area contributed by atoms with Gasteiger partial charge in [-0.25, -0.2) is 0 Å². The van der Waals surface area contributed by atoms with Gasteiger partial charge < -0.3 is 4.74 Å². The van der Waals surface area contributed by atoms with E-state index in [2.05, 4.69) is 29.4 Å². The second-order valence-corrected chi connectivity index (χ2v) is 5.37. The zero-order valence-corrected chi connectivity index (χ0v) is 12.6. The maximum absolute atomic E-state index is 10.5. The summed E-state index contributed by atoms with van der Waals surface area (Å²) >= 11 is 3.41. The molecule has 0 spiro atoms. The summed E-state index contributed by atoms with van der Waals surface area (Å²) in [5.74, 6) is 0.899. The standard InChI is InChI=1S/C14H18BrNO3/c1-3-4-5-12(11(2)15)10-19-14-8-6-13(7-9-14)16(17)18/h6-9,12H,2-5,10H2,1H3. The van der Waals surface area contributed by atoms with Crippen LogP contribution in [0.3, 0.4) is 0 Å². The predicted molar refractivity (Wildman–Crippen MR) is 79.7 cm³/mol. The fourth-order valence-corrected chi connectivity index (χ4v) is 2.00. The van der Waals surface area contributed by atoms with E-state index < -0.39 is 4.92 Å². The lowest BCUT2D eigenvalue weighted by Gasteiger charge is -2.16. The smallest absolute Gasteiger partial charge is 0.269 e. The van der Waals surface area contributed by atoms with Crippen molar-refractivity contribution in [3.8, 4) is 5.75 Å². The van der Waals surface area contributed by atoms with E-state index in [4.69, 9.17) is 4.74 Å². The first-order valence-corrected chi connectivity index (χ1v) is 7.05. The Morgan fingerprint density at radius 1 is 1.47 bits per heavy atom. The summed E-state index contributed by atoms with van der Waals surface area (Å²) in [5, 5.41) is 10.5. The lowest BCUT2D eigenvalue weighted by molar-refractivity contribution is -0.384. The summed E-state index contributed by atoms with van der Waals surface area (Å²) in [6.07, 6.45) is 3.28. The van der Waals surface area contributed by atoms with Crippen LogP contribution in [0.25, 0.3) is 0 Å². The molecule has 4 nitrogen and oxygen atoms in total. The Morgan fingerprint density at radius 3 is 2.58 bits per heavy atom. The molecule has 5 heteroatoms. The number of halogens is 1. The van der Waals surface area contributed by atoms with Crippen LogP contribution in [0.4, 0.5) is 5.69 Å². The highest BCUT2D eigenvalue weighted by Gasteiger charge is 2.12. The van der Waals surface area contributed by atoms with Gasteiger partial charge in [-0.1, -0.05) is 42.3 Å². The number of nitro benzene ring substituents is 1. The molecule has 1 aromatic carbocycles. The van der Waals surface area contributed by atoms with Crippen LogP contribution >= 0.6 is 15.9 Å². The van der Waals surface area contributed by atoms with Crippen molar-refractivity contribution in [3.63, 3.8) is 0 Å². The molecule has 0 heterocycles. The van der Waals surface area contributed by atoms with Crippen LogP contribution in [0.15, 0.2) is 35.3 Å². The Balaban J connectivity index is 2.54. The molecule has 0 N–H and O–H groups in total. The van der Waals surface area contributed by atoms with Gasteiger partial charge in [0.05, 0.1) is 11.5 Å². The zero-order chi connectivity index (χ0) is 14.3. The van der Waals surface area contributed by atoms with Gasteiger partial charge in [-0.3, -0.25) is 10.1 Å². The van der Waals surface area contributed by atoms with Crippen molar-refractivity contribution < 1.29 is 9.66 Å². The molecule has 0 aliphatic heterocycles. The van der Waals surface area contributed by atoms with Crippen LogP contribution in [0.2, 0.25) is 0 Å². The van der Waals surface area contributed by atoms with Gasteiger partial charge in [-0.15, -0.1) is 0 Å². The quantitative estimate of drug-likeness (QED) is 0.514. The van der Waals surface area contributed by atoms with E-state index in [1.54, 1.807) is 12.1 Å². The van der Waals surface area contributed by atoms with E-state index in [1.807, 2.05) is 0 Å². The molecule has 0 aliphatic rings. The molecular formula is C14H18BrNO3. The fourth-order valence-electron chi connectivity index (χ4n) is 1.64. The van der Waals surface area contributed by atoms with Crippen molar-refractivity contribution in [3.05, 3.63) is 45.4 Å². The molecule has 0 aliphatic carbocycles. The number of non-ortho nitro benzene ring substituents is 1. The van der Waals surface area contributed by atoms with Crippen LogP contribution in [-0.4, -0.2) is 11.5 Å². The highest BCUT2D eigenvalue weighted by Crippen LogP contribution is 2.24. The van der Waals surface area contributed by atoms with Crippen molar-refractivity contribution in [2.24, 2.45) is 5.92 Å². The van der Waals surface area contributed by atoms with Crippen molar-refractivity contribution in [1.29, 1.82) is 0 Å². The van der Waals surface area contributed by atoms with E-state index in [0.717, 1.165) is 23.7 Å². The highest BCUT2D eigenvalue weighted by molar-refractivity contribution is 9.11. The average Bonchev–Trinajstić information content (AvgIpc) is 2.39. The lowest BCUT2D eigenvalue weighted by Crippen LogP contribution is -2.12. The highest BCUT2D eigenvalue weighted by atomic mass is 79.9. The molecule has 0 bridgehead atoms. The Hall–Kier alpha value is -1.36. The van der Waals surface area contributed by atoms with Crippen LogP contribution in [-0.2, 0) is 0 Å². The fraction of sp³-hybridized carbons (Fsp3) is 0.429. The summed E-state index contributed by atoms with van der Waals surface area (Å²) in [6.45, 7) is 6.58. The molecule has 1 aromatic rings. The summed E-state index contributed by atoms with van der Waals surface area (Å²) in [5.41, 5.74) is 0.0692. The molecule has 104 valence electrons. The Morgan fingerprint density at radius 2 is 2.11 bits per heavy atom. The van der Waals surface area contributed by atoms with Gasteiger partial charge in [0, 0.05) is 18.1 Å². The average molecular weight is 328 g/mol. The second-order valence-electron chi connectivity index (χ2n) is 4.35. The minimum absolute atomic E-state index is 0.0692. The first-order chi connectivity index (χ1) is 9.04. The first-order valence-electron chi connectivity index (χ1n) is 6.26. The van der Waals surface area contributed by atoms with Crippen molar-refractivity contribution in [2.75, 3.05) is 6.61 Å². The number of unbranched alkanes of at least 4 members (excludes halogenated alkanes) is 1. The van der Waals surface area contributed by atoms with Crippen LogP contribution in [0.5, 0.6) is 5.75 Å². The van der Waals surface area contributed by atoms with Gasteiger partial charge >= 0.3 is 0 Å². The minimum Gasteiger partial charge on any atom is -0.493 e. The maximum atomic E-state index is 10.5. The third-order valence-corrected chi connectivity index (χ3v) is 3.50. The van der Waals surface area contributed by atoms with Crippen LogP contribution < -0.4 is 4.74 Å². The van der Waals surface area contributed by atoms with Gasteiger partial charge in [0.15, 0.2) is 0 Å². The largest absolute Gasteiger partial charge is 0.493 e. The number of hydrogen-bond acceptors (Lipinski definition) is 3. The summed E-state index contributed by atoms with van der Waals surface area (Å²) < 4.78 is 6.58. The monoisotopic (exact) mass is 327 g/mol. The molecule has 0 amide bonds. The topological polar surface area (TPSA) is 52.4 Å². The van der Waals surface area contributed by atoms with Gasteiger partial charge in [0.1, 0.15) is 5.75 Å². The Bertz CT molecular complexity index is 431. The molecule has 1 atom stereocenters. The van der Waals surface area contributed by atoms with Crippen LogP contribution in [0, 0.1) is 16.0 Å². The first kappa shape index (κ1) is 15.7. The van der Waals surface area contributed by atoms with Gasteiger partial charge in [-0.2, -0.15) is 0 Å². The maximum Gasteiger partial charge on any atom is 0.269 e. The molecule has 19 heavy (non-hydrogen) atoms. The summed E-state index contributed by atoms with van der Waals surface area (Å²) in [7, 11) is 0. The van der Waals surface area contributed by atoms with Gasteiger partial charge in [0.2, 0.25) is 0 Å². The summed E-state index contributed by atoms with van der Waals surface area (Å²) in [4.78, 5) is 10.1.